The molecule has 1 rings (SSSR count). The Kier molecular flexibility index (Phi) is 4.81. The average Bonchev–Trinajstić information content (AvgIpc) is 2.29. The van der Waals surface area contributed by atoms with E-state index in [1.165, 1.54) is 0 Å². The topological polar surface area (TPSA) is 50.1 Å². The quantitative estimate of drug-likeness (QED) is 0.370. The van der Waals surface area contributed by atoms with Gasteiger partial charge in [0.15, 0.2) is 0 Å². The molecular formula is C12H8INO2. The predicted octanol–water partition coefficient (Wildman–Crippen LogP) is 2.04. The van der Waals surface area contributed by atoms with Crippen LogP contribution in [-0.2, 0) is 16.0 Å². The zero-order chi connectivity index (χ0) is 12.0. The van der Waals surface area contributed by atoms with Crippen molar-refractivity contribution in [1.29, 1.82) is 5.26 Å². The Balaban J connectivity index is 2.58. The summed E-state index contributed by atoms with van der Waals surface area (Å²) in [6, 6.07) is 8.76. The molecule has 0 fully saturated rings. The lowest BCUT2D eigenvalue weighted by Crippen LogP contribution is -2.12. The van der Waals surface area contributed by atoms with E-state index in [-0.39, 0.29) is 12.4 Å². The summed E-state index contributed by atoms with van der Waals surface area (Å²) in [4.78, 5) is 11.3. The van der Waals surface area contributed by atoms with Crippen LogP contribution in [0.4, 0.5) is 0 Å². The molecule has 0 bridgehead atoms. The van der Waals surface area contributed by atoms with E-state index in [9.17, 15) is 4.79 Å². The van der Waals surface area contributed by atoms with Gasteiger partial charge in [-0.25, -0.2) is 0 Å². The Morgan fingerprint density at radius 2 is 2.12 bits per heavy atom. The zero-order valence-electron chi connectivity index (χ0n) is 8.31. The number of terminal acetylenes is 1. The summed E-state index contributed by atoms with van der Waals surface area (Å²) in [6.07, 6.45) is 5.24. The molecule has 0 spiro atoms. The highest BCUT2D eigenvalue weighted by molar-refractivity contribution is 14.1. The van der Waals surface area contributed by atoms with Crippen molar-refractivity contribution in [1.82, 2.24) is 0 Å². The number of nitrogens with zero attached hydrogens (tertiary/aromatic N) is 1. The molecule has 0 saturated carbocycles. The number of benzene rings is 1. The number of ether oxygens (including phenoxy) is 1. The summed E-state index contributed by atoms with van der Waals surface area (Å²) >= 11 is 1.85. The largest absolute Gasteiger partial charge is 0.439 e. The molecule has 3 nitrogen and oxygen atoms in total. The zero-order valence-corrected chi connectivity index (χ0v) is 10.5. The van der Waals surface area contributed by atoms with Gasteiger partial charge in [0.25, 0.3) is 0 Å². The van der Waals surface area contributed by atoms with Crippen molar-refractivity contribution in [3.05, 3.63) is 35.4 Å². The summed E-state index contributed by atoms with van der Waals surface area (Å²) in [6.45, 7) is 0. The molecule has 0 amide bonds. The van der Waals surface area contributed by atoms with Crippen molar-refractivity contribution in [2.45, 2.75) is 10.5 Å². The second kappa shape index (κ2) is 6.14. The van der Waals surface area contributed by atoms with E-state index < -0.39 is 4.11 Å². The molecule has 0 aliphatic rings. The van der Waals surface area contributed by atoms with Gasteiger partial charge < -0.3 is 4.74 Å². The minimum Gasteiger partial charge on any atom is -0.439 e. The highest BCUT2D eigenvalue weighted by atomic mass is 127. The smallest absolute Gasteiger partial charge is 0.312 e. The highest BCUT2D eigenvalue weighted by Crippen LogP contribution is 2.07. The van der Waals surface area contributed by atoms with Crippen LogP contribution in [0, 0.1) is 23.7 Å². The minimum atomic E-state index is -0.538. The van der Waals surface area contributed by atoms with Gasteiger partial charge in [-0.05, 0) is 40.3 Å². The van der Waals surface area contributed by atoms with Crippen LogP contribution in [0.3, 0.4) is 0 Å². The molecule has 1 atom stereocenters. The van der Waals surface area contributed by atoms with Crippen LogP contribution in [0.15, 0.2) is 24.3 Å². The second-order valence-corrected chi connectivity index (χ2v) is 4.09. The van der Waals surface area contributed by atoms with E-state index in [0.29, 0.717) is 5.56 Å². The van der Waals surface area contributed by atoms with Crippen molar-refractivity contribution >= 4 is 28.6 Å². The fourth-order valence-electron chi connectivity index (χ4n) is 1.05. The number of carbonyl (C=O) groups excluding carboxylic acids is 1. The Morgan fingerprint density at radius 1 is 1.50 bits per heavy atom. The van der Waals surface area contributed by atoms with E-state index in [1.54, 1.807) is 24.3 Å². The van der Waals surface area contributed by atoms with Crippen LogP contribution >= 0.6 is 22.6 Å². The van der Waals surface area contributed by atoms with Crippen LogP contribution in [0.25, 0.3) is 0 Å². The van der Waals surface area contributed by atoms with Gasteiger partial charge >= 0.3 is 5.97 Å². The number of carbonyl (C=O) groups is 1. The number of nitriles is 1. The van der Waals surface area contributed by atoms with Gasteiger partial charge in [-0.1, -0.05) is 18.1 Å². The molecule has 0 aliphatic heterocycles. The van der Waals surface area contributed by atoms with Crippen molar-refractivity contribution in [2.75, 3.05) is 0 Å². The van der Waals surface area contributed by atoms with Gasteiger partial charge in [-0.2, -0.15) is 5.26 Å². The van der Waals surface area contributed by atoms with Crippen molar-refractivity contribution in [3.8, 4) is 18.4 Å². The third-order valence-electron chi connectivity index (χ3n) is 1.80. The molecule has 0 saturated heterocycles. The van der Waals surface area contributed by atoms with Crippen molar-refractivity contribution in [2.24, 2.45) is 0 Å². The molecule has 0 aromatic heterocycles. The number of alkyl halides is 1. The van der Waals surface area contributed by atoms with Crippen LogP contribution in [0.1, 0.15) is 11.1 Å². The maximum atomic E-state index is 11.3. The number of hydrogen-bond acceptors (Lipinski definition) is 3. The first kappa shape index (κ1) is 12.5. The van der Waals surface area contributed by atoms with Gasteiger partial charge in [-0.3, -0.25) is 4.79 Å². The number of halogens is 1. The minimum absolute atomic E-state index is 0.160. The third-order valence-corrected chi connectivity index (χ3v) is 2.41. The van der Waals surface area contributed by atoms with Gasteiger partial charge in [0, 0.05) is 0 Å². The summed E-state index contributed by atoms with van der Waals surface area (Å²) in [5.74, 6) is 1.93. The molecule has 16 heavy (non-hydrogen) atoms. The molecule has 0 N–H and O–H groups in total. The molecule has 4 heteroatoms. The molecule has 0 heterocycles. The Hall–Kier alpha value is -1.53. The normalized spacial score (nSPS) is 10.9. The summed E-state index contributed by atoms with van der Waals surface area (Å²) < 4.78 is 4.37. The second-order valence-electron chi connectivity index (χ2n) is 2.96. The Labute approximate surface area is 108 Å². The first-order chi connectivity index (χ1) is 7.65. The lowest BCUT2D eigenvalue weighted by molar-refractivity contribution is -0.142. The van der Waals surface area contributed by atoms with E-state index in [4.69, 9.17) is 16.4 Å². The Bertz CT molecular complexity index is 453. The molecule has 80 valence electrons. The molecule has 1 unspecified atom stereocenters. The van der Waals surface area contributed by atoms with Crippen LogP contribution in [0.5, 0.6) is 0 Å². The third kappa shape index (κ3) is 3.92. The van der Waals surface area contributed by atoms with E-state index >= 15 is 0 Å². The number of rotatable bonds is 3. The molecular weight excluding hydrogens is 317 g/mol. The van der Waals surface area contributed by atoms with E-state index in [0.717, 1.165) is 5.56 Å². The Morgan fingerprint density at radius 3 is 2.62 bits per heavy atom. The van der Waals surface area contributed by atoms with Crippen LogP contribution < -0.4 is 0 Å². The maximum Gasteiger partial charge on any atom is 0.312 e. The van der Waals surface area contributed by atoms with Gasteiger partial charge in [0.1, 0.15) is 0 Å². The number of esters is 1. The summed E-state index contributed by atoms with van der Waals surface area (Å²) in [5.41, 5.74) is 1.36. The van der Waals surface area contributed by atoms with Crippen LogP contribution in [0.2, 0.25) is 0 Å². The summed E-state index contributed by atoms with van der Waals surface area (Å²) in [7, 11) is 0. The maximum absolute atomic E-state index is 11.3. The average molecular weight is 325 g/mol. The highest BCUT2D eigenvalue weighted by Gasteiger charge is 2.08. The lowest BCUT2D eigenvalue weighted by atomic mass is 10.1. The van der Waals surface area contributed by atoms with Gasteiger partial charge in [0.05, 0.1) is 18.1 Å². The first-order valence-corrected chi connectivity index (χ1v) is 5.69. The van der Waals surface area contributed by atoms with E-state index in [1.807, 2.05) is 28.7 Å². The molecule has 0 radical (unpaired) electrons. The molecule has 0 aliphatic carbocycles. The number of hydrogen-bond donors (Lipinski definition) is 0. The molecule has 1 aromatic rings. The van der Waals surface area contributed by atoms with E-state index in [2.05, 4.69) is 5.92 Å². The fourth-order valence-corrected chi connectivity index (χ4v) is 1.34. The van der Waals surface area contributed by atoms with Crippen LogP contribution in [-0.4, -0.2) is 10.1 Å². The van der Waals surface area contributed by atoms with Gasteiger partial charge in [-0.15, -0.1) is 6.42 Å². The molecule has 1 aromatic carbocycles. The van der Waals surface area contributed by atoms with Crippen molar-refractivity contribution < 1.29 is 9.53 Å². The lowest BCUT2D eigenvalue weighted by Gasteiger charge is -2.05. The van der Waals surface area contributed by atoms with Gasteiger partial charge in [0.2, 0.25) is 4.11 Å². The first-order valence-electron chi connectivity index (χ1n) is 4.44. The predicted molar refractivity (Wildman–Crippen MR) is 67.6 cm³/mol. The fraction of sp³-hybridized carbons (Fsp3) is 0.167. The monoisotopic (exact) mass is 325 g/mol. The SMILES string of the molecule is C#CC(I)OC(=O)Cc1ccc(C#N)cc1. The van der Waals surface area contributed by atoms with Crippen molar-refractivity contribution in [3.63, 3.8) is 0 Å². The standard InChI is InChI=1S/C12H8INO2/c1-2-11(13)16-12(15)7-9-3-5-10(8-14)6-4-9/h1,3-6,11H,7H2. The summed E-state index contributed by atoms with van der Waals surface area (Å²) in [5, 5.41) is 8.60.